The number of carbonyl (C=O) groups excluding carboxylic acids is 1. The molecule has 0 unspecified atom stereocenters. The van der Waals surface area contributed by atoms with Crippen LogP contribution in [0.3, 0.4) is 0 Å². The average Bonchev–Trinajstić information content (AvgIpc) is 2.26. The molecule has 1 aromatic rings. The zero-order valence-corrected chi connectivity index (χ0v) is 9.87. The average molecular weight is 243 g/mol. The van der Waals surface area contributed by atoms with Crippen LogP contribution in [-0.2, 0) is 14.6 Å². The summed E-state index contributed by atoms with van der Waals surface area (Å²) in [5, 5.41) is 2.14. The summed E-state index contributed by atoms with van der Waals surface area (Å²) in [4.78, 5) is 10.9. The molecule has 0 aromatic heterocycles. The Labute approximate surface area is 94.3 Å². The normalized spacial score (nSPS) is 10.9. The maximum atomic E-state index is 11.7. The molecule has 16 heavy (non-hydrogen) atoms. The van der Waals surface area contributed by atoms with E-state index in [4.69, 9.17) is 0 Å². The lowest BCUT2D eigenvalue weighted by atomic mass is 10.2. The molecule has 0 aliphatic rings. The van der Waals surface area contributed by atoms with Gasteiger partial charge in [-0.15, -0.1) is 0 Å². The van der Waals surface area contributed by atoms with E-state index >= 15 is 0 Å². The number of nitrogens with one attached hydrogen (secondary N) is 1. The van der Waals surface area contributed by atoms with Crippen LogP contribution in [0, 0.1) is 6.92 Å². The van der Waals surface area contributed by atoms with Crippen molar-refractivity contribution >= 4 is 15.9 Å². The second-order valence-electron chi connectivity index (χ2n) is 3.24. The highest BCUT2D eigenvalue weighted by molar-refractivity contribution is 7.91. The van der Waals surface area contributed by atoms with Gasteiger partial charge in [0.15, 0.2) is 9.84 Å². The van der Waals surface area contributed by atoms with Gasteiger partial charge in [0.2, 0.25) is 0 Å². The van der Waals surface area contributed by atoms with Gasteiger partial charge >= 0.3 is 6.09 Å². The van der Waals surface area contributed by atoms with Gasteiger partial charge in [0, 0.05) is 0 Å². The van der Waals surface area contributed by atoms with Crippen molar-refractivity contribution in [1.29, 1.82) is 0 Å². The molecule has 88 valence electrons. The number of aryl methyl sites for hydroxylation is 1. The van der Waals surface area contributed by atoms with Crippen molar-refractivity contribution in [3.8, 4) is 0 Å². The van der Waals surface area contributed by atoms with E-state index in [1.165, 1.54) is 19.2 Å². The van der Waals surface area contributed by atoms with E-state index in [0.717, 1.165) is 5.56 Å². The Hall–Kier alpha value is -1.56. The summed E-state index contributed by atoms with van der Waals surface area (Å²) < 4.78 is 27.7. The van der Waals surface area contributed by atoms with Gasteiger partial charge in [0.05, 0.1) is 12.0 Å². The minimum atomic E-state index is -3.49. The SMILES string of the molecule is COC(=O)NCS(=O)(=O)c1ccc(C)cc1. The predicted octanol–water partition coefficient (Wildman–Crippen LogP) is 1.08. The van der Waals surface area contributed by atoms with Crippen LogP contribution in [0.1, 0.15) is 5.56 Å². The number of methoxy groups -OCH3 is 1. The number of hydrogen-bond donors (Lipinski definition) is 1. The molecule has 1 rings (SSSR count). The van der Waals surface area contributed by atoms with Crippen molar-refractivity contribution in [2.75, 3.05) is 13.0 Å². The number of carbonyl (C=O) groups is 1. The van der Waals surface area contributed by atoms with Gasteiger partial charge in [0.25, 0.3) is 0 Å². The number of alkyl carbamates (subject to hydrolysis) is 1. The topological polar surface area (TPSA) is 72.5 Å². The number of rotatable bonds is 3. The second kappa shape index (κ2) is 4.98. The molecular weight excluding hydrogens is 230 g/mol. The number of benzene rings is 1. The molecule has 0 saturated heterocycles. The molecule has 0 fully saturated rings. The Kier molecular flexibility index (Phi) is 3.89. The summed E-state index contributed by atoms with van der Waals surface area (Å²) in [6.07, 6.45) is -0.768. The number of amides is 1. The largest absolute Gasteiger partial charge is 0.453 e. The van der Waals surface area contributed by atoms with Gasteiger partial charge in [-0.25, -0.2) is 13.2 Å². The fourth-order valence-corrected chi connectivity index (χ4v) is 2.08. The molecule has 1 aromatic carbocycles. The molecule has 0 spiro atoms. The molecule has 0 saturated carbocycles. The van der Waals surface area contributed by atoms with Crippen LogP contribution in [0.2, 0.25) is 0 Å². The van der Waals surface area contributed by atoms with Crippen LogP contribution in [0.15, 0.2) is 29.2 Å². The summed E-state index contributed by atoms with van der Waals surface area (Å²) >= 11 is 0. The van der Waals surface area contributed by atoms with Crippen molar-refractivity contribution < 1.29 is 17.9 Å². The molecule has 6 heteroatoms. The van der Waals surface area contributed by atoms with Gasteiger partial charge in [0.1, 0.15) is 5.88 Å². The number of hydrogen-bond acceptors (Lipinski definition) is 4. The van der Waals surface area contributed by atoms with E-state index in [0.29, 0.717) is 0 Å². The van der Waals surface area contributed by atoms with Crippen molar-refractivity contribution in [3.05, 3.63) is 29.8 Å². The molecule has 1 amide bonds. The number of ether oxygens (including phenoxy) is 1. The summed E-state index contributed by atoms with van der Waals surface area (Å²) in [7, 11) is -2.32. The zero-order valence-electron chi connectivity index (χ0n) is 9.06. The third kappa shape index (κ3) is 3.23. The lowest BCUT2D eigenvalue weighted by molar-refractivity contribution is 0.172. The van der Waals surface area contributed by atoms with Crippen LogP contribution in [0.5, 0.6) is 0 Å². The molecule has 0 radical (unpaired) electrons. The third-order valence-corrected chi connectivity index (χ3v) is 3.49. The standard InChI is InChI=1S/C10H13NO4S/c1-8-3-5-9(6-4-8)16(13,14)7-11-10(12)15-2/h3-6H,7H2,1-2H3,(H,11,12). The summed E-state index contributed by atoms with van der Waals surface area (Å²) in [6.45, 7) is 1.86. The predicted molar refractivity (Wildman–Crippen MR) is 58.8 cm³/mol. The van der Waals surface area contributed by atoms with Crippen molar-refractivity contribution in [3.63, 3.8) is 0 Å². The molecule has 0 heterocycles. The molecular formula is C10H13NO4S. The first-order valence-corrected chi connectivity index (χ1v) is 6.22. The molecule has 1 N–H and O–H groups in total. The number of sulfone groups is 1. The molecule has 0 aliphatic carbocycles. The molecule has 0 atom stereocenters. The first kappa shape index (κ1) is 12.5. The van der Waals surface area contributed by atoms with Crippen molar-refractivity contribution in [1.82, 2.24) is 5.32 Å². The maximum absolute atomic E-state index is 11.7. The summed E-state index contributed by atoms with van der Waals surface area (Å²) in [5.41, 5.74) is 0.972. The zero-order chi connectivity index (χ0) is 12.2. The van der Waals surface area contributed by atoms with Crippen LogP contribution in [-0.4, -0.2) is 27.5 Å². The highest BCUT2D eigenvalue weighted by atomic mass is 32.2. The van der Waals surface area contributed by atoms with Crippen molar-refractivity contribution in [2.24, 2.45) is 0 Å². The third-order valence-electron chi connectivity index (χ3n) is 1.97. The van der Waals surface area contributed by atoms with Crippen molar-refractivity contribution in [2.45, 2.75) is 11.8 Å². The summed E-state index contributed by atoms with van der Waals surface area (Å²) in [5.74, 6) is -0.470. The Morgan fingerprint density at radius 3 is 2.38 bits per heavy atom. The Balaban J connectivity index is 2.78. The Morgan fingerprint density at radius 2 is 1.88 bits per heavy atom. The van der Waals surface area contributed by atoms with Gasteiger partial charge in [-0.3, -0.25) is 0 Å². The smallest absolute Gasteiger partial charge is 0.407 e. The maximum Gasteiger partial charge on any atom is 0.407 e. The molecule has 5 nitrogen and oxygen atoms in total. The van der Waals surface area contributed by atoms with E-state index in [2.05, 4.69) is 10.1 Å². The monoisotopic (exact) mass is 243 g/mol. The van der Waals surface area contributed by atoms with Crippen LogP contribution in [0.4, 0.5) is 4.79 Å². The Morgan fingerprint density at radius 1 is 1.31 bits per heavy atom. The fourth-order valence-electron chi connectivity index (χ4n) is 1.06. The lowest BCUT2D eigenvalue weighted by Gasteiger charge is -2.05. The lowest BCUT2D eigenvalue weighted by Crippen LogP contribution is -2.29. The molecule has 0 bridgehead atoms. The van der Waals surface area contributed by atoms with Gasteiger partial charge in [-0.05, 0) is 19.1 Å². The molecule has 0 aliphatic heterocycles. The van der Waals surface area contributed by atoms with Crippen LogP contribution in [0.25, 0.3) is 0 Å². The first-order chi connectivity index (χ1) is 7.45. The fraction of sp³-hybridized carbons (Fsp3) is 0.300. The minimum absolute atomic E-state index is 0.175. The van der Waals surface area contributed by atoms with Gasteiger partial charge < -0.3 is 10.1 Å². The van der Waals surface area contributed by atoms with E-state index in [1.807, 2.05) is 6.92 Å². The van der Waals surface area contributed by atoms with E-state index in [1.54, 1.807) is 12.1 Å². The highest BCUT2D eigenvalue weighted by Gasteiger charge is 2.15. The Bertz CT molecular complexity index is 464. The van der Waals surface area contributed by atoms with Crippen LogP contribution >= 0.6 is 0 Å². The van der Waals surface area contributed by atoms with E-state index in [-0.39, 0.29) is 4.90 Å². The highest BCUT2D eigenvalue weighted by Crippen LogP contribution is 2.10. The summed E-state index contributed by atoms with van der Waals surface area (Å²) in [6, 6.07) is 6.41. The minimum Gasteiger partial charge on any atom is -0.453 e. The first-order valence-electron chi connectivity index (χ1n) is 4.57. The van der Waals surface area contributed by atoms with Gasteiger partial charge in [-0.1, -0.05) is 17.7 Å². The van der Waals surface area contributed by atoms with E-state index < -0.39 is 21.8 Å². The quantitative estimate of drug-likeness (QED) is 0.862. The van der Waals surface area contributed by atoms with E-state index in [9.17, 15) is 13.2 Å². The van der Waals surface area contributed by atoms with Crippen LogP contribution < -0.4 is 5.32 Å². The van der Waals surface area contributed by atoms with Gasteiger partial charge in [-0.2, -0.15) is 0 Å². The second-order valence-corrected chi connectivity index (χ2v) is 5.23.